The highest BCUT2D eigenvalue weighted by Gasteiger charge is 2.21. The molecule has 0 bridgehead atoms. The van der Waals surface area contributed by atoms with E-state index in [-0.39, 0.29) is 5.91 Å². The van der Waals surface area contributed by atoms with Crippen LogP contribution in [0.25, 0.3) is 10.2 Å². The van der Waals surface area contributed by atoms with Crippen molar-refractivity contribution in [2.24, 2.45) is 0 Å². The molecule has 158 valence electrons. The molecule has 4 aromatic rings. The van der Waals surface area contributed by atoms with Gasteiger partial charge < -0.3 is 4.74 Å². The van der Waals surface area contributed by atoms with Gasteiger partial charge in [-0.1, -0.05) is 23.5 Å². The van der Waals surface area contributed by atoms with E-state index in [1.807, 2.05) is 36.4 Å². The molecule has 2 heterocycles. The third-order valence-corrected chi connectivity index (χ3v) is 6.86. The van der Waals surface area contributed by atoms with Crippen LogP contribution in [-0.4, -0.2) is 28.7 Å². The number of carbonyl (C=O) groups excluding carboxylic acids is 1. The number of fused-ring (bicyclic) bond motifs is 1. The lowest BCUT2D eigenvalue weighted by Gasteiger charge is -2.19. The number of pyridine rings is 1. The van der Waals surface area contributed by atoms with Gasteiger partial charge in [0.15, 0.2) is 5.13 Å². The number of hydrogen-bond donors (Lipinski definition) is 0. The van der Waals surface area contributed by atoms with Gasteiger partial charge in [-0.05, 0) is 66.9 Å². The third-order valence-electron chi connectivity index (χ3n) is 4.84. The highest BCUT2D eigenvalue weighted by atomic mass is 32.2. The van der Waals surface area contributed by atoms with E-state index < -0.39 is 0 Å². The fraction of sp³-hybridized carbons (Fsp3) is 0.208. The van der Waals surface area contributed by atoms with Crippen LogP contribution >= 0.6 is 23.1 Å². The van der Waals surface area contributed by atoms with E-state index in [0.29, 0.717) is 17.4 Å². The second kappa shape index (κ2) is 9.49. The number of rotatable bonds is 7. The molecule has 0 N–H and O–H groups in total. The van der Waals surface area contributed by atoms with Crippen molar-refractivity contribution in [3.05, 3.63) is 77.6 Å². The van der Waals surface area contributed by atoms with E-state index in [2.05, 4.69) is 31.0 Å². The van der Waals surface area contributed by atoms with Gasteiger partial charge in [-0.15, -0.1) is 11.8 Å². The number of ether oxygens (including phenoxy) is 1. The van der Waals surface area contributed by atoms with E-state index in [4.69, 9.17) is 9.72 Å². The molecule has 0 spiro atoms. The van der Waals surface area contributed by atoms with E-state index in [0.717, 1.165) is 32.0 Å². The van der Waals surface area contributed by atoms with Crippen LogP contribution in [0.15, 0.2) is 65.8 Å². The van der Waals surface area contributed by atoms with Crippen LogP contribution in [0.4, 0.5) is 5.13 Å². The Hall–Kier alpha value is -2.90. The molecule has 7 heteroatoms. The predicted octanol–water partition coefficient (Wildman–Crippen LogP) is 5.64. The standard InChI is InChI=1S/C24H23N3O2S2/c1-16-11-17(2)23-21(12-16)31-24(26-23)27(14-18-5-4-10-25-13-18)22(28)15-30-20-8-6-19(29-3)7-9-20/h4-13H,14-15H2,1-3H3. The first-order chi connectivity index (χ1) is 15.0. The number of methoxy groups -OCH3 is 1. The van der Waals surface area contributed by atoms with Crippen molar-refractivity contribution >= 4 is 44.4 Å². The summed E-state index contributed by atoms with van der Waals surface area (Å²) in [5, 5.41) is 0.716. The Morgan fingerprint density at radius 3 is 2.68 bits per heavy atom. The fourth-order valence-corrected chi connectivity index (χ4v) is 5.24. The van der Waals surface area contributed by atoms with Crippen LogP contribution in [0, 0.1) is 13.8 Å². The average molecular weight is 450 g/mol. The van der Waals surface area contributed by atoms with Crippen LogP contribution < -0.4 is 9.64 Å². The maximum Gasteiger partial charge on any atom is 0.239 e. The molecule has 0 unspecified atom stereocenters. The van der Waals surface area contributed by atoms with Crippen molar-refractivity contribution in [3.8, 4) is 5.75 Å². The molecule has 4 rings (SSSR count). The quantitative estimate of drug-likeness (QED) is 0.342. The van der Waals surface area contributed by atoms with Gasteiger partial charge in [0.05, 0.1) is 29.6 Å². The van der Waals surface area contributed by atoms with Gasteiger partial charge in [-0.2, -0.15) is 0 Å². The summed E-state index contributed by atoms with van der Waals surface area (Å²) in [5.41, 5.74) is 4.24. The summed E-state index contributed by atoms with van der Waals surface area (Å²) in [7, 11) is 1.64. The summed E-state index contributed by atoms with van der Waals surface area (Å²) in [6, 6.07) is 15.8. The Labute approximate surface area is 190 Å². The minimum absolute atomic E-state index is 0.0121. The Kier molecular flexibility index (Phi) is 6.53. The fourth-order valence-electron chi connectivity index (χ4n) is 3.31. The largest absolute Gasteiger partial charge is 0.497 e. The molecule has 1 amide bonds. The van der Waals surface area contributed by atoms with Gasteiger partial charge >= 0.3 is 0 Å². The van der Waals surface area contributed by atoms with Crippen LogP contribution in [0.1, 0.15) is 16.7 Å². The smallest absolute Gasteiger partial charge is 0.239 e. The third kappa shape index (κ3) is 5.06. The molecule has 0 saturated carbocycles. The predicted molar refractivity (Wildman–Crippen MR) is 128 cm³/mol. The summed E-state index contributed by atoms with van der Waals surface area (Å²) in [4.78, 5) is 25.1. The van der Waals surface area contributed by atoms with Gasteiger partial charge in [0.2, 0.25) is 5.91 Å². The minimum atomic E-state index is 0.0121. The number of aryl methyl sites for hydroxylation is 2. The molecule has 0 atom stereocenters. The zero-order chi connectivity index (χ0) is 21.8. The first-order valence-electron chi connectivity index (χ1n) is 9.87. The molecule has 0 aliphatic heterocycles. The molecule has 5 nitrogen and oxygen atoms in total. The topological polar surface area (TPSA) is 55.3 Å². The summed E-state index contributed by atoms with van der Waals surface area (Å²) in [5.74, 6) is 1.13. The number of hydrogen-bond acceptors (Lipinski definition) is 6. The highest BCUT2D eigenvalue weighted by Crippen LogP contribution is 2.33. The van der Waals surface area contributed by atoms with Crippen LogP contribution in [0.2, 0.25) is 0 Å². The lowest BCUT2D eigenvalue weighted by molar-refractivity contribution is -0.116. The van der Waals surface area contributed by atoms with Gasteiger partial charge in [-0.3, -0.25) is 14.7 Å². The number of anilines is 1. The van der Waals surface area contributed by atoms with E-state index in [1.54, 1.807) is 35.7 Å². The Balaban J connectivity index is 1.60. The summed E-state index contributed by atoms with van der Waals surface area (Å²) in [6.07, 6.45) is 3.53. The average Bonchev–Trinajstić information content (AvgIpc) is 3.21. The molecule has 2 aromatic heterocycles. The van der Waals surface area contributed by atoms with Crippen molar-refractivity contribution in [1.29, 1.82) is 0 Å². The number of aromatic nitrogens is 2. The van der Waals surface area contributed by atoms with E-state index in [9.17, 15) is 4.79 Å². The highest BCUT2D eigenvalue weighted by molar-refractivity contribution is 8.00. The van der Waals surface area contributed by atoms with Crippen molar-refractivity contribution in [2.75, 3.05) is 17.8 Å². The van der Waals surface area contributed by atoms with Crippen LogP contribution in [-0.2, 0) is 11.3 Å². The summed E-state index contributed by atoms with van der Waals surface area (Å²) >= 11 is 3.06. The molecule has 0 fully saturated rings. The molecule has 0 aliphatic carbocycles. The molecular formula is C24H23N3O2S2. The maximum atomic E-state index is 13.3. The van der Waals surface area contributed by atoms with Crippen molar-refractivity contribution in [1.82, 2.24) is 9.97 Å². The van der Waals surface area contributed by atoms with Crippen molar-refractivity contribution < 1.29 is 9.53 Å². The van der Waals surface area contributed by atoms with E-state index >= 15 is 0 Å². The first kappa shape index (κ1) is 21.3. The molecule has 2 aromatic carbocycles. The molecule has 31 heavy (non-hydrogen) atoms. The lowest BCUT2D eigenvalue weighted by Crippen LogP contribution is -2.31. The Morgan fingerprint density at radius 1 is 1.16 bits per heavy atom. The molecular weight excluding hydrogens is 426 g/mol. The second-order valence-electron chi connectivity index (χ2n) is 7.23. The normalized spacial score (nSPS) is 10.9. The Morgan fingerprint density at radius 2 is 1.97 bits per heavy atom. The van der Waals surface area contributed by atoms with Crippen LogP contribution in [0.3, 0.4) is 0 Å². The molecule has 0 radical (unpaired) electrons. The number of nitrogens with zero attached hydrogens (tertiary/aromatic N) is 3. The second-order valence-corrected chi connectivity index (χ2v) is 9.29. The van der Waals surface area contributed by atoms with Gasteiger partial charge in [0.25, 0.3) is 0 Å². The van der Waals surface area contributed by atoms with Crippen molar-refractivity contribution in [3.63, 3.8) is 0 Å². The van der Waals surface area contributed by atoms with Gasteiger partial charge in [-0.25, -0.2) is 4.98 Å². The van der Waals surface area contributed by atoms with E-state index in [1.165, 1.54) is 17.3 Å². The number of amides is 1. The van der Waals surface area contributed by atoms with Crippen molar-refractivity contribution in [2.45, 2.75) is 25.3 Å². The lowest BCUT2D eigenvalue weighted by atomic mass is 10.1. The monoisotopic (exact) mass is 449 g/mol. The SMILES string of the molecule is COc1ccc(SCC(=O)N(Cc2cccnc2)c2nc3c(C)cc(C)cc3s2)cc1. The van der Waals surface area contributed by atoms with Gasteiger partial charge in [0, 0.05) is 17.3 Å². The molecule has 0 aliphatic rings. The Bertz CT molecular complexity index is 1190. The number of benzene rings is 2. The first-order valence-corrected chi connectivity index (χ1v) is 11.7. The van der Waals surface area contributed by atoms with Crippen LogP contribution in [0.5, 0.6) is 5.75 Å². The minimum Gasteiger partial charge on any atom is -0.497 e. The zero-order valence-corrected chi connectivity index (χ0v) is 19.3. The maximum absolute atomic E-state index is 13.3. The number of thiazole rings is 1. The number of thioether (sulfide) groups is 1. The zero-order valence-electron chi connectivity index (χ0n) is 17.7. The summed E-state index contributed by atoms with van der Waals surface area (Å²) < 4.78 is 6.30. The number of carbonyl (C=O) groups is 1. The molecule has 0 saturated heterocycles. The summed E-state index contributed by atoms with van der Waals surface area (Å²) in [6.45, 7) is 4.58. The van der Waals surface area contributed by atoms with Gasteiger partial charge in [0.1, 0.15) is 5.75 Å².